The quantitative estimate of drug-likeness (QED) is 0.454. The second kappa shape index (κ2) is 9.73. The van der Waals surface area contributed by atoms with Crippen molar-refractivity contribution < 1.29 is 23.5 Å². The van der Waals surface area contributed by atoms with E-state index in [4.69, 9.17) is 13.9 Å². The summed E-state index contributed by atoms with van der Waals surface area (Å²) in [4.78, 5) is 36.1. The number of carbonyl (C=O) groups is 2. The summed E-state index contributed by atoms with van der Waals surface area (Å²) in [5.74, 6) is -0.500. The molecule has 1 atom stereocenters. The van der Waals surface area contributed by atoms with Gasteiger partial charge in [-0.3, -0.25) is 4.79 Å². The van der Waals surface area contributed by atoms with Gasteiger partial charge in [-0.1, -0.05) is 37.3 Å². The molecule has 0 radical (unpaired) electrons. The molecule has 7 heteroatoms. The first kappa shape index (κ1) is 21.1. The van der Waals surface area contributed by atoms with E-state index in [9.17, 15) is 14.4 Å². The monoisotopic (exact) mass is 409 g/mol. The van der Waals surface area contributed by atoms with Crippen LogP contribution in [0, 0.1) is 0 Å². The minimum absolute atomic E-state index is 0.104. The second-order valence-electron chi connectivity index (χ2n) is 6.77. The molecule has 0 saturated carbocycles. The normalized spacial score (nSPS) is 11.7. The maximum Gasteiger partial charge on any atom is 0.336 e. The summed E-state index contributed by atoms with van der Waals surface area (Å²) in [5, 5.41) is 3.23. The first-order valence-corrected chi connectivity index (χ1v) is 9.65. The van der Waals surface area contributed by atoms with Crippen LogP contribution in [0.3, 0.4) is 0 Å². The summed E-state index contributed by atoms with van der Waals surface area (Å²) in [6, 6.07) is 14.9. The summed E-state index contributed by atoms with van der Waals surface area (Å²) in [7, 11) is 0. The van der Waals surface area contributed by atoms with Gasteiger partial charge in [0.1, 0.15) is 24.0 Å². The van der Waals surface area contributed by atoms with Crippen LogP contribution in [0.25, 0.3) is 11.0 Å². The number of fused-ring (bicyclic) bond motifs is 1. The Bertz CT molecular complexity index is 1090. The second-order valence-corrected chi connectivity index (χ2v) is 6.77. The van der Waals surface area contributed by atoms with Crippen LogP contribution in [0.1, 0.15) is 25.0 Å². The number of amides is 1. The molecule has 1 heterocycles. The third-order valence-corrected chi connectivity index (χ3v) is 4.52. The Hall–Kier alpha value is -3.61. The molecule has 0 bridgehead atoms. The Morgan fingerprint density at radius 2 is 1.87 bits per heavy atom. The van der Waals surface area contributed by atoms with Crippen molar-refractivity contribution in [2.75, 3.05) is 6.61 Å². The molecule has 30 heavy (non-hydrogen) atoms. The lowest BCUT2D eigenvalue weighted by Crippen LogP contribution is -2.41. The van der Waals surface area contributed by atoms with Crippen molar-refractivity contribution in [2.24, 2.45) is 0 Å². The number of aryl methyl sites for hydroxylation is 1. The summed E-state index contributed by atoms with van der Waals surface area (Å²) in [6.07, 6.45) is 0.810. The first-order valence-electron chi connectivity index (χ1n) is 9.65. The highest BCUT2D eigenvalue weighted by molar-refractivity contribution is 5.85. The van der Waals surface area contributed by atoms with Crippen LogP contribution in [0.4, 0.5) is 0 Å². The number of ether oxygens (including phenoxy) is 2. The van der Waals surface area contributed by atoms with Gasteiger partial charge in [0, 0.05) is 17.0 Å². The van der Waals surface area contributed by atoms with E-state index in [1.54, 1.807) is 30.3 Å². The Kier molecular flexibility index (Phi) is 6.85. The van der Waals surface area contributed by atoms with Crippen molar-refractivity contribution in [3.63, 3.8) is 0 Å². The lowest BCUT2D eigenvalue weighted by atomic mass is 10.1. The van der Waals surface area contributed by atoms with Crippen molar-refractivity contribution >= 4 is 22.8 Å². The van der Waals surface area contributed by atoms with Crippen LogP contribution >= 0.6 is 0 Å². The molecule has 0 fully saturated rings. The fraction of sp³-hybridized carbons (Fsp3) is 0.261. The molecule has 7 nitrogen and oxygen atoms in total. The van der Waals surface area contributed by atoms with E-state index in [0.29, 0.717) is 22.3 Å². The van der Waals surface area contributed by atoms with Crippen molar-refractivity contribution in [1.82, 2.24) is 5.32 Å². The fourth-order valence-electron chi connectivity index (χ4n) is 2.90. The number of para-hydroxylation sites is 1. The Morgan fingerprint density at radius 3 is 2.60 bits per heavy atom. The van der Waals surface area contributed by atoms with Crippen LogP contribution < -0.4 is 15.7 Å². The first-order chi connectivity index (χ1) is 14.5. The van der Waals surface area contributed by atoms with E-state index in [1.807, 2.05) is 25.1 Å². The van der Waals surface area contributed by atoms with E-state index in [2.05, 4.69) is 5.32 Å². The fourth-order valence-corrected chi connectivity index (χ4v) is 2.90. The minimum atomic E-state index is -0.866. The molecule has 156 valence electrons. The standard InChI is InChI=1S/C23H23NO6/c1-3-16-9-10-19-17(12-22(26)30-20(19)11-16)13-29-23(27)15(2)24-21(25)14-28-18-7-5-4-6-8-18/h4-12,15H,3,13-14H2,1-2H3,(H,24,25)/t15-/m0/s1. The van der Waals surface area contributed by atoms with Gasteiger partial charge < -0.3 is 19.2 Å². The van der Waals surface area contributed by atoms with Gasteiger partial charge in [0.25, 0.3) is 5.91 Å². The summed E-state index contributed by atoms with van der Waals surface area (Å²) >= 11 is 0. The van der Waals surface area contributed by atoms with Crippen molar-refractivity contribution in [2.45, 2.75) is 32.9 Å². The third kappa shape index (κ3) is 5.47. The summed E-state index contributed by atoms with van der Waals surface area (Å²) in [6.45, 7) is 3.21. The molecular weight excluding hydrogens is 386 g/mol. The lowest BCUT2D eigenvalue weighted by Gasteiger charge is -2.14. The zero-order valence-corrected chi connectivity index (χ0v) is 16.8. The van der Waals surface area contributed by atoms with Gasteiger partial charge in [-0.05, 0) is 37.1 Å². The summed E-state index contributed by atoms with van der Waals surface area (Å²) in [5.41, 5.74) is 1.52. The average molecular weight is 409 g/mol. The zero-order valence-electron chi connectivity index (χ0n) is 16.8. The molecule has 0 saturated heterocycles. The molecule has 2 aromatic carbocycles. The van der Waals surface area contributed by atoms with Gasteiger partial charge in [-0.2, -0.15) is 0 Å². The molecule has 0 aliphatic heterocycles. The molecule has 1 amide bonds. The van der Waals surface area contributed by atoms with Crippen LogP contribution in [-0.4, -0.2) is 24.5 Å². The SMILES string of the molecule is CCc1ccc2c(COC(=O)[C@H](C)NC(=O)COc3ccccc3)cc(=O)oc2c1. The molecule has 0 aliphatic carbocycles. The van der Waals surface area contributed by atoms with Crippen molar-refractivity contribution in [1.29, 1.82) is 0 Å². The van der Waals surface area contributed by atoms with Gasteiger partial charge in [0.2, 0.25) is 0 Å². The maximum atomic E-state index is 12.3. The van der Waals surface area contributed by atoms with Gasteiger partial charge in [-0.15, -0.1) is 0 Å². The number of benzene rings is 2. The maximum absolute atomic E-state index is 12.3. The highest BCUT2D eigenvalue weighted by atomic mass is 16.5. The number of nitrogens with one attached hydrogen (secondary N) is 1. The van der Waals surface area contributed by atoms with E-state index in [1.165, 1.54) is 13.0 Å². The number of rotatable bonds is 8. The number of carbonyl (C=O) groups excluding carboxylic acids is 2. The van der Waals surface area contributed by atoms with Crippen LogP contribution in [0.5, 0.6) is 5.75 Å². The zero-order chi connectivity index (χ0) is 21.5. The van der Waals surface area contributed by atoms with E-state index >= 15 is 0 Å². The number of hydrogen-bond donors (Lipinski definition) is 1. The lowest BCUT2D eigenvalue weighted by molar-refractivity contribution is -0.148. The third-order valence-electron chi connectivity index (χ3n) is 4.52. The molecule has 3 rings (SSSR count). The average Bonchev–Trinajstić information content (AvgIpc) is 2.75. The molecule has 0 aliphatic rings. The molecule has 1 aromatic heterocycles. The molecule has 3 aromatic rings. The highest BCUT2D eigenvalue weighted by Crippen LogP contribution is 2.20. The molecule has 0 spiro atoms. The predicted molar refractivity (Wildman–Crippen MR) is 111 cm³/mol. The van der Waals surface area contributed by atoms with Crippen molar-refractivity contribution in [3.05, 3.63) is 76.1 Å². The Labute approximate surface area is 173 Å². The van der Waals surface area contributed by atoms with Crippen LogP contribution in [-0.2, 0) is 27.4 Å². The van der Waals surface area contributed by atoms with E-state index in [0.717, 1.165) is 12.0 Å². The van der Waals surface area contributed by atoms with Crippen LogP contribution in [0.2, 0.25) is 0 Å². The van der Waals surface area contributed by atoms with Crippen molar-refractivity contribution in [3.8, 4) is 5.75 Å². The Balaban J connectivity index is 1.57. The number of esters is 1. The summed E-state index contributed by atoms with van der Waals surface area (Å²) < 4.78 is 15.9. The molecule has 1 N–H and O–H groups in total. The smallest absolute Gasteiger partial charge is 0.336 e. The molecule has 0 unspecified atom stereocenters. The Morgan fingerprint density at radius 1 is 1.10 bits per heavy atom. The van der Waals surface area contributed by atoms with Gasteiger partial charge in [0.15, 0.2) is 6.61 Å². The molecular formula is C23H23NO6. The topological polar surface area (TPSA) is 94.8 Å². The predicted octanol–water partition coefficient (Wildman–Crippen LogP) is 2.98. The highest BCUT2D eigenvalue weighted by Gasteiger charge is 2.18. The largest absolute Gasteiger partial charge is 0.484 e. The van der Waals surface area contributed by atoms with Gasteiger partial charge in [-0.25, -0.2) is 9.59 Å². The van der Waals surface area contributed by atoms with Gasteiger partial charge >= 0.3 is 11.6 Å². The van der Waals surface area contributed by atoms with E-state index in [-0.39, 0.29) is 13.2 Å². The van der Waals surface area contributed by atoms with Gasteiger partial charge in [0.05, 0.1) is 0 Å². The number of hydrogen-bond acceptors (Lipinski definition) is 6. The minimum Gasteiger partial charge on any atom is -0.484 e. The van der Waals surface area contributed by atoms with Crippen LogP contribution in [0.15, 0.2) is 63.8 Å². The van der Waals surface area contributed by atoms with E-state index < -0.39 is 23.5 Å².